The molecule has 1 aliphatic rings. The van der Waals surface area contributed by atoms with Crippen LogP contribution in [0.2, 0.25) is 0 Å². The number of hydrogen-bond donors (Lipinski definition) is 1. The topological polar surface area (TPSA) is 169 Å². The maximum Gasteiger partial charge on any atom is 0.416 e. The molecule has 0 aromatic heterocycles. The predicted octanol–water partition coefficient (Wildman–Crippen LogP) is 5.35. The van der Waals surface area contributed by atoms with Gasteiger partial charge in [-0.25, -0.2) is 19.2 Å². The van der Waals surface area contributed by atoms with Gasteiger partial charge in [0.1, 0.15) is 24.0 Å². The maximum absolute atomic E-state index is 14.0. The molecule has 2 atom stereocenters. The largest absolute Gasteiger partial charge is 0.465 e. The molecule has 0 aliphatic carbocycles. The number of rotatable bonds is 10. The summed E-state index contributed by atoms with van der Waals surface area (Å²) >= 11 is 0. The number of benzene rings is 3. The Bertz CT molecular complexity index is 1580. The van der Waals surface area contributed by atoms with Crippen LogP contribution in [0.15, 0.2) is 84.9 Å². The Morgan fingerprint density at radius 2 is 1.54 bits per heavy atom. The van der Waals surface area contributed by atoms with Gasteiger partial charge in [0.25, 0.3) is 5.69 Å². The van der Waals surface area contributed by atoms with Crippen molar-refractivity contribution in [3.63, 3.8) is 0 Å². The molecule has 3 amide bonds. The first-order valence-corrected chi connectivity index (χ1v) is 15.3. The molecule has 0 saturated carbocycles. The molecule has 14 nitrogen and oxygen atoms in total. The number of esters is 1. The second kappa shape index (κ2) is 15.8. The van der Waals surface area contributed by atoms with Crippen molar-refractivity contribution in [2.24, 2.45) is 0 Å². The second-order valence-electron chi connectivity index (χ2n) is 12.1. The van der Waals surface area contributed by atoms with E-state index >= 15 is 0 Å². The van der Waals surface area contributed by atoms with Crippen LogP contribution in [0.5, 0.6) is 5.75 Å². The number of nitro benzene ring substituents is 1. The normalized spacial score (nSPS) is 15.2. The summed E-state index contributed by atoms with van der Waals surface area (Å²) in [6.07, 6.45) is -2.96. The summed E-state index contributed by atoms with van der Waals surface area (Å²) < 4.78 is 16.9. The van der Waals surface area contributed by atoms with Gasteiger partial charge < -0.3 is 24.2 Å². The molecule has 48 heavy (non-hydrogen) atoms. The number of nitro groups is 1. The van der Waals surface area contributed by atoms with E-state index in [1.165, 1.54) is 29.2 Å². The van der Waals surface area contributed by atoms with E-state index in [0.29, 0.717) is 11.1 Å². The van der Waals surface area contributed by atoms with Crippen LogP contribution in [-0.4, -0.2) is 92.8 Å². The highest BCUT2D eigenvalue weighted by atomic mass is 16.6. The summed E-state index contributed by atoms with van der Waals surface area (Å²) in [5, 5.41) is 21.0. The molecule has 4 rings (SSSR count). The van der Waals surface area contributed by atoms with E-state index < -0.39 is 46.9 Å². The smallest absolute Gasteiger partial charge is 0.416 e. The van der Waals surface area contributed by atoms with Crippen molar-refractivity contribution in [2.75, 3.05) is 26.2 Å². The highest BCUT2D eigenvalue weighted by molar-refractivity contribution is 5.83. The Hall–Kier alpha value is -5.66. The highest BCUT2D eigenvalue weighted by Crippen LogP contribution is 2.23. The fraction of sp³-hybridized carbons (Fsp3) is 0.353. The molecule has 1 saturated heterocycles. The number of amides is 3. The van der Waals surface area contributed by atoms with Crippen LogP contribution in [0, 0.1) is 10.1 Å². The second-order valence-corrected chi connectivity index (χ2v) is 12.1. The van der Waals surface area contributed by atoms with Crippen molar-refractivity contribution in [3.05, 3.63) is 106 Å². The Kier molecular flexibility index (Phi) is 11.6. The minimum Gasteiger partial charge on any atom is -0.465 e. The molecular formula is C34H38N4O10. The SMILES string of the molecule is CC(C)(C)OC(=O)N1CCN(C(=O)O)CC1CN(C(=O)Oc1ccc([N+](=O)[O-])cc1)[C@H](Cc1ccccc1)C(=O)OCc1ccccc1. The van der Waals surface area contributed by atoms with E-state index in [2.05, 4.69) is 0 Å². The first-order valence-electron chi connectivity index (χ1n) is 15.3. The summed E-state index contributed by atoms with van der Waals surface area (Å²) in [7, 11) is 0. The van der Waals surface area contributed by atoms with Gasteiger partial charge >= 0.3 is 24.2 Å². The first-order chi connectivity index (χ1) is 22.8. The number of non-ortho nitro benzene ring substituents is 1. The standard InChI is InChI=1S/C34H38N4O10/c1-34(2,3)48-33(43)36-19-18-35(31(40)41)21-27(36)22-37(32(42)47-28-16-14-26(15-17-28)38(44)45)29(20-24-10-6-4-7-11-24)30(39)46-23-25-12-8-5-9-13-25/h4-17,27,29H,18-23H2,1-3H3,(H,40,41)/t27?,29-/m1/s1. The number of carboxylic acid groups (broad SMARTS) is 1. The Morgan fingerprint density at radius 3 is 2.10 bits per heavy atom. The van der Waals surface area contributed by atoms with Crippen LogP contribution < -0.4 is 4.74 Å². The van der Waals surface area contributed by atoms with Crippen molar-refractivity contribution in [1.29, 1.82) is 0 Å². The van der Waals surface area contributed by atoms with Gasteiger partial charge in [0.15, 0.2) is 0 Å². The lowest BCUT2D eigenvalue weighted by Crippen LogP contribution is -2.62. The molecule has 1 aliphatic heterocycles. The number of ether oxygens (including phenoxy) is 3. The Balaban J connectivity index is 1.72. The molecule has 3 aromatic carbocycles. The Labute approximate surface area is 277 Å². The zero-order valence-corrected chi connectivity index (χ0v) is 26.9. The predicted molar refractivity (Wildman–Crippen MR) is 172 cm³/mol. The lowest BCUT2D eigenvalue weighted by atomic mass is 10.0. The van der Waals surface area contributed by atoms with E-state index in [1.807, 2.05) is 6.07 Å². The van der Waals surface area contributed by atoms with Crippen molar-refractivity contribution in [3.8, 4) is 5.75 Å². The maximum atomic E-state index is 14.0. The molecule has 1 heterocycles. The van der Waals surface area contributed by atoms with E-state index in [9.17, 15) is 34.4 Å². The monoisotopic (exact) mass is 662 g/mol. The van der Waals surface area contributed by atoms with Crippen molar-refractivity contribution in [1.82, 2.24) is 14.7 Å². The highest BCUT2D eigenvalue weighted by Gasteiger charge is 2.41. The lowest BCUT2D eigenvalue weighted by molar-refractivity contribution is -0.384. The zero-order valence-electron chi connectivity index (χ0n) is 26.9. The zero-order chi connectivity index (χ0) is 34.8. The molecule has 14 heteroatoms. The summed E-state index contributed by atoms with van der Waals surface area (Å²) in [4.78, 5) is 67.4. The van der Waals surface area contributed by atoms with Crippen LogP contribution >= 0.6 is 0 Å². The minimum absolute atomic E-state index is 0.00484. The van der Waals surface area contributed by atoms with Crippen molar-refractivity contribution < 1.29 is 43.4 Å². The fourth-order valence-electron chi connectivity index (χ4n) is 5.08. The average Bonchev–Trinajstić information content (AvgIpc) is 3.05. The van der Waals surface area contributed by atoms with Gasteiger partial charge in [0, 0.05) is 44.7 Å². The van der Waals surface area contributed by atoms with Gasteiger partial charge in [-0.2, -0.15) is 0 Å². The van der Waals surface area contributed by atoms with Gasteiger partial charge in [-0.15, -0.1) is 0 Å². The third kappa shape index (κ3) is 9.92. The van der Waals surface area contributed by atoms with Gasteiger partial charge in [0.2, 0.25) is 0 Å². The van der Waals surface area contributed by atoms with Gasteiger partial charge in [0.05, 0.1) is 11.0 Å². The summed E-state index contributed by atoms with van der Waals surface area (Å²) in [6.45, 7) is 4.44. The van der Waals surface area contributed by atoms with Gasteiger partial charge in [-0.1, -0.05) is 60.7 Å². The third-order valence-corrected chi connectivity index (χ3v) is 7.42. The van der Waals surface area contributed by atoms with E-state index in [0.717, 1.165) is 9.80 Å². The van der Waals surface area contributed by atoms with Crippen LogP contribution in [0.4, 0.5) is 20.1 Å². The number of piperazine rings is 1. The number of carbonyl (C=O) groups is 4. The number of nitrogens with zero attached hydrogens (tertiary/aromatic N) is 4. The molecule has 254 valence electrons. The molecular weight excluding hydrogens is 624 g/mol. The third-order valence-electron chi connectivity index (χ3n) is 7.42. The quantitative estimate of drug-likeness (QED) is 0.170. The molecule has 0 bridgehead atoms. The summed E-state index contributed by atoms with van der Waals surface area (Å²) in [5.41, 5.74) is 0.316. The molecule has 0 spiro atoms. The average molecular weight is 663 g/mol. The van der Waals surface area contributed by atoms with Crippen LogP contribution in [-0.2, 0) is 27.3 Å². The number of carbonyl (C=O) groups excluding carboxylic acids is 3. The van der Waals surface area contributed by atoms with Crippen LogP contribution in [0.3, 0.4) is 0 Å². The molecule has 1 fully saturated rings. The van der Waals surface area contributed by atoms with Crippen LogP contribution in [0.1, 0.15) is 31.9 Å². The molecule has 3 aromatic rings. The Morgan fingerprint density at radius 1 is 0.938 bits per heavy atom. The first kappa shape index (κ1) is 35.2. The summed E-state index contributed by atoms with van der Waals surface area (Å²) in [5.74, 6) is -0.801. The van der Waals surface area contributed by atoms with Crippen molar-refractivity contribution >= 4 is 29.9 Å². The number of hydrogen-bond acceptors (Lipinski definition) is 9. The van der Waals surface area contributed by atoms with Crippen LogP contribution in [0.25, 0.3) is 0 Å². The van der Waals surface area contributed by atoms with E-state index in [1.54, 1.807) is 75.4 Å². The summed E-state index contributed by atoms with van der Waals surface area (Å²) in [6, 6.07) is 20.4. The molecule has 1 unspecified atom stereocenters. The van der Waals surface area contributed by atoms with E-state index in [-0.39, 0.29) is 50.6 Å². The van der Waals surface area contributed by atoms with Crippen molar-refractivity contribution in [2.45, 2.75) is 51.5 Å². The minimum atomic E-state index is -1.29. The van der Waals surface area contributed by atoms with Gasteiger partial charge in [-0.05, 0) is 44.0 Å². The van der Waals surface area contributed by atoms with E-state index in [4.69, 9.17) is 14.2 Å². The van der Waals surface area contributed by atoms with Gasteiger partial charge in [-0.3, -0.25) is 19.9 Å². The lowest BCUT2D eigenvalue weighted by Gasteiger charge is -2.43. The molecule has 1 N–H and O–H groups in total. The molecule has 0 radical (unpaired) electrons. The fourth-order valence-corrected chi connectivity index (χ4v) is 5.08.